The third-order valence-corrected chi connectivity index (χ3v) is 5.02. The maximum Gasteiger partial charge on any atom is 0.0652 e. The van der Waals surface area contributed by atoms with E-state index in [1.54, 1.807) is 12.1 Å². The number of nitrogens with one attached hydrogen (secondary N) is 1. The van der Waals surface area contributed by atoms with E-state index in [4.69, 9.17) is 34.8 Å². The molecule has 0 aliphatic heterocycles. The van der Waals surface area contributed by atoms with Crippen LogP contribution in [0, 0.1) is 0 Å². The molecule has 0 saturated heterocycles. The van der Waals surface area contributed by atoms with Crippen LogP contribution in [0.5, 0.6) is 0 Å². The average molecular weight is 394 g/mol. The van der Waals surface area contributed by atoms with Crippen LogP contribution in [0.2, 0.25) is 15.1 Å². The zero-order valence-corrected chi connectivity index (χ0v) is 14.6. The van der Waals surface area contributed by atoms with Crippen molar-refractivity contribution in [2.75, 3.05) is 0 Å². The Labute approximate surface area is 142 Å². The Hall–Kier alpha value is -0.250. The highest BCUT2D eigenvalue weighted by Gasteiger charge is 2.12. The van der Waals surface area contributed by atoms with Gasteiger partial charge in [-0.1, -0.05) is 68.9 Å². The van der Waals surface area contributed by atoms with Crippen molar-refractivity contribution in [2.45, 2.75) is 19.5 Å². The van der Waals surface area contributed by atoms with E-state index in [-0.39, 0.29) is 6.04 Å². The standard InChI is InChI=1S/C15H13BrCl3N/c1-9(10-4-2-3-5-12(10)16)20-8-11-13(17)6-7-14(18)15(11)19/h2-7,9,20H,8H2,1H3/t9-/m1/s1. The first-order valence-corrected chi connectivity index (χ1v) is 8.03. The number of rotatable bonds is 4. The van der Waals surface area contributed by atoms with Gasteiger partial charge in [-0.15, -0.1) is 0 Å². The smallest absolute Gasteiger partial charge is 0.0652 e. The predicted octanol–water partition coefficient (Wildman–Crippen LogP) is 6.26. The van der Waals surface area contributed by atoms with Crippen LogP contribution >= 0.6 is 50.7 Å². The second kappa shape index (κ2) is 7.15. The number of benzene rings is 2. The number of halogens is 4. The van der Waals surface area contributed by atoms with Crippen LogP contribution in [-0.4, -0.2) is 0 Å². The third kappa shape index (κ3) is 3.69. The fourth-order valence-corrected chi connectivity index (χ4v) is 3.23. The minimum absolute atomic E-state index is 0.164. The van der Waals surface area contributed by atoms with Crippen LogP contribution in [0.25, 0.3) is 0 Å². The monoisotopic (exact) mass is 391 g/mol. The Morgan fingerprint density at radius 1 is 1.05 bits per heavy atom. The highest BCUT2D eigenvalue weighted by Crippen LogP contribution is 2.32. The molecule has 0 bridgehead atoms. The Bertz CT molecular complexity index is 616. The summed E-state index contributed by atoms with van der Waals surface area (Å²) in [6.07, 6.45) is 0. The normalized spacial score (nSPS) is 12.4. The van der Waals surface area contributed by atoms with Gasteiger partial charge in [0, 0.05) is 27.6 Å². The lowest BCUT2D eigenvalue weighted by atomic mass is 10.1. The molecule has 0 aliphatic rings. The van der Waals surface area contributed by atoms with E-state index in [1.165, 1.54) is 5.56 Å². The van der Waals surface area contributed by atoms with Gasteiger partial charge in [0.1, 0.15) is 0 Å². The minimum Gasteiger partial charge on any atom is -0.306 e. The molecule has 106 valence electrons. The van der Waals surface area contributed by atoms with Crippen molar-refractivity contribution in [1.29, 1.82) is 0 Å². The summed E-state index contributed by atoms with van der Waals surface area (Å²) in [7, 11) is 0. The first-order valence-electron chi connectivity index (χ1n) is 6.11. The van der Waals surface area contributed by atoms with Gasteiger partial charge in [-0.2, -0.15) is 0 Å². The molecule has 0 amide bonds. The maximum absolute atomic E-state index is 6.19. The molecule has 1 N–H and O–H groups in total. The zero-order chi connectivity index (χ0) is 14.7. The summed E-state index contributed by atoms with van der Waals surface area (Å²) in [5.41, 5.74) is 2.00. The van der Waals surface area contributed by atoms with Gasteiger partial charge in [-0.05, 0) is 30.7 Å². The number of hydrogen-bond donors (Lipinski definition) is 1. The SMILES string of the molecule is C[C@@H](NCc1c(Cl)ccc(Cl)c1Cl)c1ccccc1Br. The van der Waals surface area contributed by atoms with E-state index in [9.17, 15) is 0 Å². The lowest BCUT2D eigenvalue weighted by Gasteiger charge is -2.17. The van der Waals surface area contributed by atoms with E-state index >= 15 is 0 Å². The van der Waals surface area contributed by atoms with E-state index in [0.717, 1.165) is 10.0 Å². The second-order valence-corrected chi connectivity index (χ2v) is 6.49. The highest BCUT2D eigenvalue weighted by molar-refractivity contribution is 9.10. The van der Waals surface area contributed by atoms with Crippen LogP contribution in [0.15, 0.2) is 40.9 Å². The lowest BCUT2D eigenvalue weighted by molar-refractivity contribution is 0.573. The molecule has 0 aliphatic carbocycles. The minimum atomic E-state index is 0.164. The van der Waals surface area contributed by atoms with Gasteiger partial charge in [0.25, 0.3) is 0 Å². The van der Waals surface area contributed by atoms with Gasteiger partial charge in [-0.3, -0.25) is 0 Å². The molecule has 1 atom stereocenters. The van der Waals surface area contributed by atoms with E-state index < -0.39 is 0 Å². The molecule has 0 unspecified atom stereocenters. The second-order valence-electron chi connectivity index (χ2n) is 4.45. The molecule has 0 spiro atoms. The van der Waals surface area contributed by atoms with Gasteiger partial charge in [0.05, 0.1) is 10.0 Å². The van der Waals surface area contributed by atoms with Crippen molar-refractivity contribution in [1.82, 2.24) is 5.32 Å². The summed E-state index contributed by atoms with van der Waals surface area (Å²) < 4.78 is 1.07. The van der Waals surface area contributed by atoms with Gasteiger partial charge in [-0.25, -0.2) is 0 Å². The van der Waals surface area contributed by atoms with Crippen molar-refractivity contribution in [3.05, 3.63) is 67.1 Å². The van der Waals surface area contributed by atoms with E-state index in [1.807, 2.05) is 18.2 Å². The maximum atomic E-state index is 6.19. The zero-order valence-electron chi connectivity index (χ0n) is 10.8. The summed E-state index contributed by atoms with van der Waals surface area (Å²) in [6, 6.07) is 11.7. The fraction of sp³-hybridized carbons (Fsp3) is 0.200. The van der Waals surface area contributed by atoms with Crippen LogP contribution < -0.4 is 5.32 Å². The van der Waals surface area contributed by atoms with Crippen LogP contribution in [0.4, 0.5) is 0 Å². The lowest BCUT2D eigenvalue weighted by Crippen LogP contribution is -2.19. The molecule has 0 aromatic heterocycles. The molecular weight excluding hydrogens is 380 g/mol. The van der Waals surface area contributed by atoms with Gasteiger partial charge >= 0.3 is 0 Å². The highest BCUT2D eigenvalue weighted by atomic mass is 79.9. The van der Waals surface area contributed by atoms with Gasteiger partial charge in [0.15, 0.2) is 0 Å². The Morgan fingerprint density at radius 2 is 1.70 bits per heavy atom. The van der Waals surface area contributed by atoms with Gasteiger partial charge < -0.3 is 5.32 Å². The summed E-state index contributed by atoms with van der Waals surface area (Å²) in [5, 5.41) is 5.04. The Balaban J connectivity index is 2.14. The van der Waals surface area contributed by atoms with Crippen LogP contribution in [-0.2, 0) is 6.54 Å². The molecule has 2 rings (SSSR count). The molecule has 1 nitrogen and oxygen atoms in total. The molecule has 20 heavy (non-hydrogen) atoms. The molecule has 0 heterocycles. The van der Waals surface area contributed by atoms with E-state index in [2.05, 4.69) is 34.2 Å². The molecule has 0 radical (unpaired) electrons. The summed E-state index contributed by atoms with van der Waals surface area (Å²) in [4.78, 5) is 0. The first-order chi connectivity index (χ1) is 9.50. The fourth-order valence-electron chi connectivity index (χ4n) is 1.92. The molecule has 2 aromatic rings. The van der Waals surface area contributed by atoms with Crippen molar-refractivity contribution >= 4 is 50.7 Å². The van der Waals surface area contributed by atoms with Crippen molar-refractivity contribution in [3.63, 3.8) is 0 Å². The topological polar surface area (TPSA) is 12.0 Å². The summed E-state index contributed by atoms with van der Waals surface area (Å²) in [6.45, 7) is 2.65. The predicted molar refractivity (Wildman–Crippen MR) is 90.9 cm³/mol. The van der Waals surface area contributed by atoms with Gasteiger partial charge in [0.2, 0.25) is 0 Å². The largest absolute Gasteiger partial charge is 0.306 e. The van der Waals surface area contributed by atoms with E-state index in [0.29, 0.717) is 21.6 Å². The van der Waals surface area contributed by atoms with Crippen molar-refractivity contribution < 1.29 is 0 Å². The van der Waals surface area contributed by atoms with Crippen molar-refractivity contribution in [2.24, 2.45) is 0 Å². The molecule has 2 aromatic carbocycles. The first kappa shape index (κ1) is 16.1. The molecule has 5 heteroatoms. The summed E-state index contributed by atoms with van der Waals surface area (Å²) in [5.74, 6) is 0. The Morgan fingerprint density at radius 3 is 2.40 bits per heavy atom. The quantitative estimate of drug-likeness (QED) is 0.605. The Kier molecular flexibility index (Phi) is 5.76. The van der Waals surface area contributed by atoms with Crippen LogP contribution in [0.3, 0.4) is 0 Å². The molecular formula is C15H13BrCl3N. The summed E-state index contributed by atoms with van der Waals surface area (Å²) >= 11 is 21.9. The van der Waals surface area contributed by atoms with Crippen molar-refractivity contribution in [3.8, 4) is 0 Å². The molecule has 0 saturated carbocycles. The average Bonchev–Trinajstić information content (AvgIpc) is 2.43. The molecule has 0 fully saturated rings. The third-order valence-electron chi connectivity index (χ3n) is 3.10. The number of hydrogen-bond acceptors (Lipinski definition) is 1. The van der Waals surface area contributed by atoms with Crippen LogP contribution in [0.1, 0.15) is 24.1 Å².